The average Bonchev–Trinajstić information content (AvgIpc) is 3.27. The van der Waals surface area contributed by atoms with Gasteiger partial charge in [0, 0.05) is 54.8 Å². The molecule has 0 saturated carbocycles. The van der Waals surface area contributed by atoms with Crippen molar-refractivity contribution in [3.63, 3.8) is 0 Å². The molecule has 1 amide bonds. The Balaban J connectivity index is 1.61. The Morgan fingerprint density at radius 1 is 1.23 bits per heavy atom. The van der Waals surface area contributed by atoms with Crippen molar-refractivity contribution in [2.45, 2.75) is 18.9 Å². The van der Waals surface area contributed by atoms with Crippen molar-refractivity contribution in [2.24, 2.45) is 0 Å². The van der Waals surface area contributed by atoms with Gasteiger partial charge in [-0.25, -0.2) is 4.98 Å². The van der Waals surface area contributed by atoms with Crippen LogP contribution in [-0.2, 0) is 4.79 Å². The highest BCUT2D eigenvalue weighted by atomic mass is 16.3. The molecule has 1 atom stereocenters. The van der Waals surface area contributed by atoms with Crippen LogP contribution in [0.15, 0.2) is 72.4 Å². The largest absolute Gasteiger partial charge is 0.508 e. The Morgan fingerprint density at radius 2 is 2.03 bits per heavy atom. The normalized spacial score (nSPS) is 15.6. The molecule has 9 heteroatoms. The minimum Gasteiger partial charge on any atom is -0.508 e. The van der Waals surface area contributed by atoms with Crippen LogP contribution in [0.3, 0.4) is 0 Å². The Morgan fingerprint density at radius 3 is 2.71 bits per heavy atom. The number of rotatable bonds is 4. The molecule has 3 aromatic heterocycles. The molecule has 0 bridgehead atoms. The van der Waals surface area contributed by atoms with Gasteiger partial charge in [0.2, 0.25) is 5.91 Å². The summed E-state index contributed by atoms with van der Waals surface area (Å²) >= 11 is 0. The second-order valence-corrected chi connectivity index (χ2v) is 8.43. The predicted molar refractivity (Wildman–Crippen MR) is 130 cm³/mol. The Bertz CT molecular complexity index is 1520. The minimum atomic E-state index is -0.133. The van der Waals surface area contributed by atoms with E-state index in [1.807, 2.05) is 12.1 Å². The number of hydrogen-bond acceptors (Lipinski definition) is 6. The Kier molecular flexibility index (Phi) is 5.63. The van der Waals surface area contributed by atoms with Crippen LogP contribution in [0.4, 0.5) is 0 Å². The number of nitriles is 1. The third-order valence-corrected chi connectivity index (χ3v) is 6.22. The molecular weight excluding hydrogens is 444 g/mol. The lowest BCUT2D eigenvalue weighted by Gasteiger charge is -2.32. The number of piperidine rings is 1. The summed E-state index contributed by atoms with van der Waals surface area (Å²) in [5, 5.41) is 25.6. The number of amides is 1. The van der Waals surface area contributed by atoms with Crippen molar-refractivity contribution in [1.29, 1.82) is 5.26 Å². The molecule has 1 aliphatic rings. The lowest BCUT2D eigenvalue weighted by Crippen LogP contribution is -2.40. The molecule has 0 spiro atoms. The zero-order valence-corrected chi connectivity index (χ0v) is 18.8. The van der Waals surface area contributed by atoms with Gasteiger partial charge in [-0.2, -0.15) is 10.4 Å². The highest BCUT2D eigenvalue weighted by molar-refractivity contribution is 5.97. The topological polar surface area (TPSA) is 117 Å². The van der Waals surface area contributed by atoms with E-state index >= 15 is 0 Å². The van der Waals surface area contributed by atoms with Crippen molar-refractivity contribution in [3.05, 3.63) is 83.4 Å². The summed E-state index contributed by atoms with van der Waals surface area (Å²) in [4.78, 5) is 29.9. The number of fused-ring (bicyclic) bond motifs is 1. The number of phenolic OH excluding ortho intramolecular Hbond substituents is 1. The van der Waals surface area contributed by atoms with Gasteiger partial charge in [0.15, 0.2) is 5.43 Å². The maximum atomic E-state index is 12.2. The van der Waals surface area contributed by atoms with Gasteiger partial charge in [0.05, 0.1) is 17.1 Å². The summed E-state index contributed by atoms with van der Waals surface area (Å²) in [6.07, 6.45) is 7.87. The summed E-state index contributed by atoms with van der Waals surface area (Å²) in [7, 11) is 0. The van der Waals surface area contributed by atoms with Crippen LogP contribution in [0.25, 0.3) is 28.0 Å². The fourth-order valence-corrected chi connectivity index (χ4v) is 4.55. The van der Waals surface area contributed by atoms with Crippen molar-refractivity contribution < 1.29 is 9.90 Å². The summed E-state index contributed by atoms with van der Waals surface area (Å²) in [6.45, 7) is 4.69. The Labute approximate surface area is 200 Å². The number of hydrogen-bond donors (Lipinski definition) is 1. The summed E-state index contributed by atoms with van der Waals surface area (Å²) in [5.41, 5.74) is 2.13. The van der Waals surface area contributed by atoms with Crippen LogP contribution in [0, 0.1) is 11.3 Å². The van der Waals surface area contributed by atoms with Crippen LogP contribution < -0.4 is 5.43 Å². The molecule has 35 heavy (non-hydrogen) atoms. The second kappa shape index (κ2) is 8.91. The van der Waals surface area contributed by atoms with Gasteiger partial charge in [0.1, 0.15) is 23.3 Å². The lowest BCUT2D eigenvalue weighted by atomic mass is 10.0. The van der Waals surface area contributed by atoms with Crippen LogP contribution >= 0.6 is 0 Å². The van der Waals surface area contributed by atoms with Crippen molar-refractivity contribution in [3.8, 4) is 28.9 Å². The van der Waals surface area contributed by atoms with Gasteiger partial charge < -0.3 is 14.6 Å². The first-order valence-electron chi connectivity index (χ1n) is 11.2. The predicted octanol–water partition coefficient (Wildman–Crippen LogP) is 3.18. The molecule has 9 nitrogen and oxygen atoms in total. The van der Waals surface area contributed by atoms with Gasteiger partial charge in [-0.15, -0.1) is 0 Å². The van der Waals surface area contributed by atoms with E-state index in [1.54, 1.807) is 38.8 Å². The van der Waals surface area contributed by atoms with Crippen LogP contribution in [0.1, 0.15) is 24.4 Å². The monoisotopic (exact) mass is 466 g/mol. The quantitative estimate of drug-likeness (QED) is 0.462. The fourth-order valence-electron chi connectivity index (χ4n) is 4.55. The second-order valence-electron chi connectivity index (χ2n) is 8.43. The molecule has 1 saturated heterocycles. The number of benzene rings is 1. The molecule has 1 fully saturated rings. The Hall–Kier alpha value is -4.71. The first kappa shape index (κ1) is 22.1. The first-order chi connectivity index (χ1) is 17.0. The van der Waals surface area contributed by atoms with Crippen LogP contribution in [0.5, 0.6) is 5.75 Å². The number of nitrogens with zero attached hydrogens (tertiary/aromatic N) is 6. The molecule has 1 N–H and O–H groups in total. The number of carbonyl (C=O) groups is 1. The fraction of sp³-hybridized carbons (Fsp3) is 0.192. The number of phenols is 1. The van der Waals surface area contributed by atoms with E-state index in [9.17, 15) is 20.0 Å². The van der Waals surface area contributed by atoms with Gasteiger partial charge >= 0.3 is 0 Å². The average molecular weight is 467 g/mol. The highest BCUT2D eigenvalue weighted by Crippen LogP contribution is 2.36. The van der Waals surface area contributed by atoms with Crippen LogP contribution in [-0.4, -0.2) is 48.3 Å². The number of aromatic hydroxyl groups is 1. The van der Waals surface area contributed by atoms with E-state index in [1.165, 1.54) is 24.3 Å². The number of aromatic nitrogens is 4. The molecule has 1 aromatic carbocycles. The van der Waals surface area contributed by atoms with Crippen LogP contribution in [0.2, 0.25) is 0 Å². The maximum Gasteiger partial charge on any atom is 0.246 e. The third kappa shape index (κ3) is 4.06. The van der Waals surface area contributed by atoms with E-state index in [0.717, 1.165) is 12.8 Å². The van der Waals surface area contributed by atoms with Crippen molar-refractivity contribution in [2.75, 3.05) is 13.1 Å². The van der Waals surface area contributed by atoms with Gasteiger partial charge in [0.25, 0.3) is 0 Å². The SMILES string of the molecule is C=CC(=O)N1CCC[C@@H](n2nc(-c3ccc(-n4ccc(=O)cc4)nc3)c3cc(O)cc(C#N)c32)C1. The summed E-state index contributed by atoms with van der Waals surface area (Å²) in [5.74, 6) is 0.468. The number of likely N-dealkylation sites (tertiary alicyclic amines) is 1. The molecule has 0 unspecified atom stereocenters. The number of carbonyl (C=O) groups excluding carboxylic acids is 1. The van der Waals surface area contributed by atoms with E-state index in [0.29, 0.717) is 46.6 Å². The number of pyridine rings is 2. The zero-order chi connectivity index (χ0) is 24.5. The van der Waals surface area contributed by atoms with Gasteiger partial charge in [-0.05, 0) is 43.2 Å². The molecule has 4 aromatic rings. The molecule has 4 heterocycles. The minimum absolute atomic E-state index is 0.0280. The van der Waals surface area contributed by atoms with E-state index < -0.39 is 0 Å². The summed E-state index contributed by atoms with van der Waals surface area (Å²) < 4.78 is 3.54. The molecular formula is C26H22N6O3. The van der Waals surface area contributed by atoms with Gasteiger partial charge in [-0.3, -0.25) is 14.3 Å². The third-order valence-electron chi connectivity index (χ3n) is 6.22. The molecule has 1 aliphatic heterocycles. The van der Waals surface area contributed by atoms with E-state index in [2.05, 4.69) is 17.6 Å². The molecule has 174 valence electrons. The van der Waals surface area contributed by atoms with Crippen molar-refractivity contribution >= 4 is 16.8 Å². The first-order valence-corrected chi connectivity index (χ1v) is 11.2. The van der Waals surface area contributed by atoms with Gasteiger partial charge in [-0.1, -0.05) is 6.58 Å². The highest BCUT2D eigenvalue weighted by Gasteiger charge is 2.28. The molecule has 5 rings (SSSR count). The molecule has 0 aliphatic carbocycles. The van der Waals surface area contributed by atoms with E-state index in [4.69, 9.17) is 5.10 Å². The van der Waals surface area contributed by atoms with Crippen molar-refractivity contribution in [1.82, 2.24) is 24.2 Å². The molecule has 0 radical (unpaired) electrons. The summed E-state index contributed by atoms with van der Waals surface area (Å²) in [6, 6.07) is 11.7. The standard InChI is InChI=1S/C26H22N6O3/c1-2-24(35)31-9-3-4-19(16-31)32-26-18(14-27)12-21(34)13-22(26)25(29-32)17-5-6-23(28-15-17)30-10-7-20(33)8-11-30/h2,5-8,10-13,15,19,34H,1,3-4,9,16H2/t19-/m1/s1. The maximum absolute atomic E-state index is 12.2. The van der Waals surface area contributed by atoms with E-state index in [-0.39, 0.29) is 23.1 Å². The zero-order valence-electron chi connectivity index (χ0n) is 18.8. The smallest absolute Gasteiger partial charge is 0.246 e. The lowest BCUT2D eigenvalue weighted by molar-refractivity contribution is -0.127.